The average Bonchev–Trinajstić information content (AvgIpc) is 2.47. The smallest absolute Gasteiger partial charge is 0.146 e. The van der Waals surface area contributed by atoms with Gasteiger partial charge in [0.2, 0.25) is 0 Å². The summed E-state index contributed by atoms with van der Waals surface area (Å²) in [4.78, 5) is 4.70. The van der Waals surface area contributed by atoms with E-state index in [9.17, 15) is 4.39 Å². The number of piperidine rings is 2. The lowest BCUT2D eigenvalue weighted by atomic mass is 9.84. The van der Waals surface area contributed by atoms with Crippen molar-refractivity contribution < 1.29 is 4.39 Å². The van der Waals surface area contributed by atoms with E-state index in [-0.39, 0.29) is 5.82 Å². The van der Waals surface area contributed by atoms with Gasteiger partial charge in [-0.2, -0.15) is 0 Å². The van der Waals surface area contributed by atoms with E-state index in [1.54, 1.807) is 12.1 Å². The maximum Gasteiger partial charge on any atom is 0.146 e. The van der Waals surface area contributed by atoms with Crippen molar-refractivity contribution >= 4 is 17.3 Å². The molecule has 2 heterocycles. The van der Waals surface area contributed by atoms with Crippen molar-refractivity contribution in [2.24, 2.45) is 5.92 Å². The van der Waals surface area contributed by atoms with Crippen LogP contribution in [0, 0.1) is 11.7 Å². The third-order valence-corrected chi connectivity index (χ3v) is 5.16. The van der Waals surface area contributed by atoms with Crippen LogP contribution in [0.2, 0.25) is 0 Å². The quantitative estimate of drug-likeness (QED) is 0.771. The molecule has 3 rings (SSSR count). The van der Waals surface area contributed by atoms with Gasteiger partial charge in [0.1, 0.15) is 5.82 Å². The lowest BCUT2D eigenvalue weighted by molar-refractivity contribution is 0.102. The number of halogens is 2. The molecule has 2 saturated heterocycles. The van der Waals surface area contributed by atoms with Gasteiger partial charge in [-0.05, 0) is 50.4 Å². The second-order valence-electron chi connectivity index (χ2n) is 6.07. The zero-order chi connectivity index (χ0) is 14.1. The number of alkyl halides is 1. The molecule has 2 unspecified atom stereocenters. The zero-order valence-corrected chi connectivity index (χ0v) is 12.7. The summed E-state index contributed by atoms with van der Waals surface area (Å²) in [7, 11) is 2.22. The Bertz CT molecular complexity index is 480. The summed E-state index contributed by atoms with van der Waals surface area (Å²) in [6, 6.07) is 5.90. The van der Waals surface area contributed by atoms with Crippen molar-refractivity contribution in [2.45, 2.75) is 31.2 Å². The maximum absolute atomic E-state index is 14.2. The topological polar surface area (TPSA) is 6.48 Å². The summed E-state index contributed by atoms with van der Waals surface area (Å²) in [5, 5.41) is 0. The fourth-order valence-corrected chi connectivity index (χ4v) is 4.09. The van der Waals surface area contributed by atoms with E-state index in [0.29, 0.717) is 17.8 Å². The summed E-state index contributed by atoms with van der Waals surface area (Å²) in [6.45, 7) is 3.09. The third kappa shape index (κ3) is 2.53. The number of anilines is 1. The van der Waals surface area contributed by atoms with Gasteiger partial charge in [0.15, 0.2) is 0 Å². The van der Waals surface area contributed by atoms with Crippen molar-refractivity contribution in [1.29, 1.82) is 0 Å². The normalized spacial score (nSPS) is 27.4. The van der Waals surface area contributed by atoms with Crippen molar-refractivity contribution in [3.63, 3.8) is 0 Å². The predicted octanol–water partition coefficient (Wildman–Crippen LogP) is 3.49. The highest BCUT2D eigenvalue weighted by Crippen LogP contribution is 2.34. The van der Waals surface area contributed by atoms with E-state index >= 15 is 0 Å². The Hall–Kier alpha value is -0.800. The predicted molar refractivity (Wildman–Crippen MR) is 81.9 cm³/mol. The minimum atomic E-state index is -0.134. The summed E-state index contributed by atoms with van der Waals surface area (Å²) in [5.41, 5.74) is 1.64. The Labute approximate surface area is 125 Å². The fourth-order valence-electron chi connectivity index (χ4n) is 3.88. The molecule has 1 aromatic rings. The lowest BCUT2D eigenvalue weighted by Crippen LogP contribution is -2.53. The highest BCUT2D eigenvalue weighted by atomic mass is 35.5. The first-order chi connectivity index (χ1) is 9.70. The van der Waals surface area contributed by atoms with Gasteiger partial charge in [0, 0.05) is 25.0 Å². The first kappa shape index (κ1) is 14.2. The summed E-state index contributed by atoms with van der Waals surface area (Å²) in [6.07, 6.45) is 3.64. The molecule has 1 aromatic carbocycles. The monoisotopic (exact) mass is 296 g/mol. The van der Waals surface area contributed by atoms with E-state index in [1.807, 2.05) is 6.07 Å². The van der Waals surface area contributed by atoms with Crippen LogP contribution in [0.4, 0.5) is 10.1 Å². The molecule has 4 heteroatoms. The number of likely N-dealkylation sites (tertiary alicyclic amines) is 1. The molecule has 0 amide bonds. The molecule has 2 aliphatic rings. The Morgan fingerprint density at radius 2 is 2.15 bits per heavy atom. The van der Waals surface area contributed by atoms with Gasteiger partial charge < -0.3 is 9.80 Å². The largest absolute Gasteiger partial charge is 0.369 e. The highest BCUT2D eigenvalue weighted by molar-refractivity contribution is 6.17. The molecule has 110 valence electrons. The molecule has 0 N–H and O–H groups in total. The molecule has 0 spiro atoms. The number of para-hydroxylation sites is 1. The van der Waals surface area contributed by atoms with Crippen LogP contribution in [-0.4, -0.2) is 37.6 Å². The number of hydrogen-bond donors (Lipinski definition) is 0. The van der Waals surface area contributed by atoms with Gasteiger partial charge in [-0.3, -0.25) is 0 Å². The van der Waals surface area contributed by atoms with E-state index in [0.717, 1.165) is 30.8 Å². The SMILES string of the molecule is CN1CCCC2CN(c3c(F)cccc3CCl)CCC21. The summed E-state index contributed by atoms with van der Waals surface area (Å²) >= 11 is 5.98. The van der Waals surface area contributed by atoms with E-state index < -0.39 is 0 Å². The summed E-state index contributed by atoms with van der Waals surface area (Å²) in [5.74, 6) is 0.897. The van der Waals surface area contributed by atoms with E-state index in [2.05, 4.69) is 16.8 Å². The lowest BCUT2D eigenvalue weighted by Gasteiger charge is -2.47. The number of rotatable bonds is 2. The second-order valence-corrected chi connectivity index (χ2v) is 6.33. The third-order valence-electron chi connectivity index (χ3n) is 4.88. The first-order valence-corrected chi connectivity index (χ1v) is 8.02. The van der Waals surface area contributed by atoms with Gasteiger partial charge in [0.05, 0.1) is 5.69 Å². The Balaban J connectivity index is 1.83. The molecule has 2 atom stereocenters. The van der Waals surface area contributed by atoms with Crippen LogP contribution in [-0.2, 0) is 5.88 Å². The average molecular weight is 297 g/mol. The molecular weight excluding hydrogens is 275 g/mol. The fraction of sp³-hybridized carbons (Fsp3) is 0.625. The molecule has 0 aliphatic carbocycles. The standard InChI is InChI=1S/C16H22ClFN2/c1-19-8-3-5-13-11-20(9-7-15(13)19)16-12(10-17)4-2-6-14(16)18/h2,4,6,13,15H,3,5,7-11H2,1H3. The Kier molecular flexibility index (Phi) is 4.18. The number of hydrogen-bond acceptors (Lipinski definition) is 2. The van der Waals surface area contributed by atoms with Crippen molar-refractivity contribution in [3.8, 4) is 0 Å². The van der Waals surface area contributed by atoms with Crippen LogP contribution < -0.4 is 4.90 Å². The van der Waals surface area contributed by atoms with Crippen molar-refractivity contribution in [1.82, 2.24) is 4.90 Å². The molecule has 2 nitrogen and oxygen atoms in total. The van der Waals surface area contributed by atoms with Gasteiger partial charge in [-0.15, -0.1) is 11.6 Å². The van der Waals surface area contributed by atoms with Crippen LogP contribution in [0.15, 0.2) is 18.2 Å². The minimum absolute atomic E-state index is 0.134. The Morgan fingerprint density at radius 1 is 1.30 bits per heavy atom. The zero-order valence-electron chi connectivity index (χ0n) is 12.0. The number of fused-ring (bicyclic) bond motifs is 1. The number of benzene rings is 1. The minimum Gasteiger partial charge on any atom is -0.369 e. The van der Waals surface area contributed by atoms with E-state index in [4.69, 9.17) is 11.6 Å². The molecule has 2 aliphatic heterocycles. The van der Waals surface area contributed by atoms with Crippen LogP contribution in [0.5, 0.6) is 0 Å². The van der Waals surface area contributed by atoms with Gasteiger partial charge >= 0.3 is 0 Å². The molecule has 0 saturated carbocycles. The van der Waals surface area contributed by atoms with Gasteiger partial charge in [-0.1, -0.05) is 12.1 Å². The van der Waals surface area contributed by atoms with Crippen LogP contribution in [0.1, 0.15) is 24.8 Å². The molecule has 0 bridgehead atoms. The summed E-state index contributed by atoms with van der Waals surface area (Å²) < 4.78 is 14.2. The van der Waals surface area contributed by atoms with Crippen molar-refractivity contribution in [3.05, 3.63) is 29.6 Å². The molecule has 2 fully saturated rings. The van der Waals surface area contributed by atoms with Crippen LogP contribution >= 0.6 is 11.6 Å². The molecule has 20 heavy (non-hydrogen) atoms. The molecule has 0 aromatic heterocycles. The first-order valence-electron chi connectivity index (χ1n) is 7.49. The van der Waals surface area contributed by atoms with Crippen LogP contribution in [0.25, 0.3) is 0 Å². The highest BCUT2D eigenvalue weighted by Gasteiger charge is 2.35. The molecular formula is C16H22ClFN2. The Morgan fingerprint density at radius 3 is 2.95 bits per heavy atom. The van der Waals surface area contributed by atoms with E-state index in [1.165, 1.54) is 19.4 Å². The number of nitrogens with zero attached hydrogens (tertiary/aromatic N) is 2. The second kappa shape index (κ2) is 5.90. The molecule has 0 radical (unpaired) electrons. The van der Waals surface area contributed by atoms with Gasteiger partial charge in [-0.25, -0.2) is 4.39 Å². The van der Waals surface area contributed by atoms with Crippen LogP contribution in [0.3, 0.4) is 0 Å². The van der Waals surface area contributed by atoms with Gasteiger partial charge in [0.25, 0.3) is 0 Å². The maximum atomic E-state index is 14.2. The van der Waals surface area contributed by atoms with Crippen molar-refractivity contribution in [2.75, 3.05) is 31.6 Å².